The number of aromatic nitrogens is 1. The summed E-state index contributed by atoms with van der Waals surface area (Å²) in [4.78, 5) is 11.1. The SMILES string of the molecule is Cc1cc(C(=O)O)c(C)n1C1CCS(=O)(=O)CC1. The molecule has 0 unspecified atom stereocenters. The molecule has 0 bridgehead atoms. The number of aromatic carboxylic acids is 1. The summed E-state index contributed by atoms with van der Waals surface area (Å²) in [7, 11) is -2.89. The Bertz CT molecular complexity index is 571. The first kappa shape index (κ1) is 13.1. The van der Waals surface area contributed by atoms with Gasteiger partial charge < -0.3 is 9.67 Å². The van der Waals surface area contributed by atoms with E-state index in [1.807, 2.05) is 11.5 Å². The predicted octanol–water partition coefficient (Wildman–Crippen LogP) is 1.55. The standard InChI is InChI=1S/C12H17NO4S/c1-8-7-11(12(14)15)9(2)13(8)10-3-5-18(16,17)6-4-10/h7,10H,3-6H2,1-2H3,(H,14,15). The largest absolute Gasteiger partial charge is 0.478 e. The van der Waals surface area contributed by atoms with Gasteiger partial charge in [0.2, 0.25) is 0 Å². The average molecular weight is 271 g/mol. The van der Waals surface area contributed by atoms with Crippen LogP contribution in [0.15, 0.2) is 6.07 Å². The van der Waals surface area contributed by atoms with Gasteiger partial charge in [0, 0.05) is 17.4 Å². The van der Waals surface area contributed by atoms with E-state index in [0.717, 1.165) is 5.69 Å². The molecule has 1 N–H and O–H groups in total. The molecular weight excluding hydrogens is 254 g/mol. The normalized spacial score (nSPS) is 19.9. The third kappa shape index (κ3) is 2.29. The van der Waals surface area contributed by atoms with Gasteiger partial charge in [-0.05, 0) is 32.8 Å². The van der Waals surface area contributed by atoms with Gasteiger partial charge >= 0.3 is 5.97 Å². The number of carboxylic acid groups (broad SMARTS) is 1. The fourth-order valence-electron chi connectivity index (χ4n) is 2.69. The highest BCUT2D eigenvalue weighted by molar-refractivity contribution is 7.91. The number of hydrogen-bond acceptors (Lipinski definition) is 3. The highest BCUT2D eigenvalue weighted by Gasteiger charge is 2.27. The van der Waals surface area contributed by atoms with Crippen LogP contribution in [-0.4, -0.2) is 35.6 Å². The summed E-state index contributed by atoms with van der Waals surface area (Å²) >= 11 is 0. The molecule has 0 saturated carbocycles. The Morgan fingerprint density at radius 1 is 1.33 bits per heavy atom. The molecule has 1 aromatic heterocycles. The lowest BCUT2D eigenvalue weighted by Crippen LogP contribution is -2.26. The summed E-state index contributed by atoms with van der Waals surface area (Å²) in [5.41, 5.74) is 1.90. The molecular formula is C12H17NO4S. The van der Waals surface area contributed by atoms with Crippen LogP contribution in [-0.2, 0) is 9.84 Å². The molecule has 1 aromatic rings. The lowest BCUT2D eigenvalue weighted by atomic mass is 10.1. The van der Waals surface area contributed by atoms with Crippen molar-refractivity contribution in [3.8, 4) is 0 Å². The van der Waals surface area contributed by atoms with Crippen molar-refractivity contribution in [3.05, 3.63) is 23.0 Å². The van der Waals surface area contributed by atoms with Crippen molar-refractivity contribution >= 4 is 15.8 Å². The van der Waals surface area contributed by atoms with Gasteiger partial charge in [0.25, 0.3) is 0 Å². The minimum Gasteiger partial charge on any atom is -0.478 e. The van der Waals surface area contributed by atoms with Crippen LogP contribution >= 0.6 is 0 Å². The number of carboxylic acids is 1. The molecule has 18 heavy (non-hydrogen) atoms. The lowest BCUT2D eigenvalue weighted by molar-refractivity contribution is 0.0696. The Morgan fingerprint density at radius 2 is 1.89 bits per heavy atom. The molecule has 5 nitrogen and oxygen atoms in total. The van der Waals surface area contributed by atoms with Crippen LogP contribution in [0.5, 0.6) is 0 Å². The minimum atomic E-state index is -2.89. The summed E-state index contributed by atoms with van der Waals surface area (Å²) in [6, 6.07) is 1.75. The molecule has 1 aliphatic rings. The number of nitrogens with zero attached hydrogens (tertiary/aromatic N) is 1. The molecule has 6 heteroatoms. The number of sulfone groups is 1. The molecule has 1 fully saturated rings. The van der Waals surface area contributed by atoms with E-state index < -0.39 is 15.8 Å². The topological polar surface area (TPSA) is 76.4 Å². The first-order chi connectivity index (χ1) is 8.32. The van der Waals surface area contributed by atoms with Crippen LogP contribution < -0.4 is 0 Å². The van der Waals surface area contributed by atoms with Crippen molar-refractivity contribution in [2.24, 2.45) is 0 Å². The summed E-state index contributed by atoms with van der Waals surface area (Å²) in [6.07, 6.45) is 1.13. The Kier molecular flexibility index (Phi) is 3.23. The van der Waals surface area contributed by atoms with E-state index in [0.29, 0.717) is 24.1 Å². The Morgan fingerprint density at radius 3 is 2.33 bits per heavy atom. The summed E-state index contributed by atoms with van der Waals surface area (Å²) in [5, 5.41) is 9.08. The highest BCUT2D eigenvalue weighted by Crippen LogP contribution is 2.29. The van der Waals surface area contributed by atoms with E-state index in [4.69, 9.17) is 5.11 Å². The highest BCUT2D eigenvalue weighted by atomic mass is 32.2. The maximum Gasteiger partial charge on any atom is 0.337 e. The zero-order valence-electron chi connectivity index (χ0n) is 10.5. The van der Waals surface area contributed by atoms with E-state index in [1.165, 1.54) is 0 Å². The first-order valence-corrected chi connectivity index (χ1v) is 7.76. The van der Waals surface area contributed by atoms with Crippen molar-refractivity contribution in [1.29, 1.82) is 0 Å². The average Bonchev–Trinajstić information content (AvgIpc) is 2.56. The zero-order chi connectivity index (χ0) is 13.5. The van der Waals surface area contributed by atoms with E-state index >= 15 is 0 Å². The van der Waals surface area contributed by atoms with Crippen LogP contribution in [0.1, 0.15) is 40.6 Å². The number of hydrogen-bond donors (Lipinski definition) is 1. The van der Waals surface area contributed by atoms with Gasteiger partial charge in [0.15, 0.2) is 0 Å². The van der Waals surface area contributed by atoms with Crippen LogP contribution in [0.4, 0.5) is 0 Å². The molecule has 2 rings (SSSR count). The molecule has 0 spiro atoms. The summed E-state index contributed by atoms with van der Waals surface area (Å²) in [6.45, 7) is 3.64. The van der Waals surface area contributed by atoms with E-state index in [9.17, 15) is 13.2 Å². The first-order valence-electron chi connectivity index (χ1n) is 5.94. The molecule has 0 radical (unpaired) electrons. The number of aryl methyl sites for hydroxylation is 1. The smallest absolute Gasteiger partial charge is 0.337 e. The van der Waals surface area contributed by atoms with Gasteiger partial charge in [-0.1, -0.05) is 0 Å². The molecule has 0 aliphatic carbocycles. The van der Waals surface area contributed by atoms with Crippen molar-refractivity contribution < 1.29 is 18.3 Å². The van der Waals surface area contributed by atoms with Crippen molar-refractivity contribution in [1.82, 2.24) is 4.57 Å². The second kappa shape index (κ2) is 4.42. The van der Waals surface area contributed by atoms with Crippen LogP contribution in [0.25, 0.3) is 0 Å². The van der Waals surface area contributed by atoms with Crippen molar-refractivity contribution in [2.45, 2.75) is 32.7 Å². The van der Waals surface area contributed by atoms with Gasteiger partial charge in [-0.25, -0.2) is 13.2 Å². The Balaban J connectivity index is 2.32. The quantitative estimate of drug-likeness (QED) is 0.885. The summed E-state index contributed by atoms with van der Waals surface area (Å²) in [5.74, 6) is -0.549. The predicted molar refractivity (Wildman–Crippen MR) is 67.8 cm³/mol. The van der Waals surface area contributed by atoms with Gasteiger partial charge in [-0.15, -0.1) is 0 Å². The summed E-state index contributed by atoms with van der Waals surface area (Å²) < 4.78 is 24.8. The van der Waals surface area contributed by atoms with Crippen molar-refractivity contribution in [3.63, 3.8) is 0 Å². The maximum atomic E-state index is 11.4. The number of carbonyl (C=O) groups is 1. The Hall–Kier alpha value is -1.30. The lowest BCUT2D eigenvalue weighted by Gasteiger charge is -2.26. The molecule has 0 atom stereocenters. The third-order valence-corrected chi connectivity index (χ3v) is 5.32. The fourth-order valence-corrected chi connectivity index (χ4v) is 4.16. The second-order valence-electron chi connectivity index (χ2n) is 4.84. The van der Waals surface area contributed by atoms with E-state index in [-0.39, 0.29) is 17.5 Å². The molecule has 2 heterocycles. The molecule has 0 aromatic carbocycles. The van der Waals surface area contributed by atoms with Gasteiger partial charge in [0.05, 0.1) is 17.1 Å². The fraction of sp³-hybridized carbons (Fsp3) is 0.583. The van der Waals surface area contributed by atoms with Crippen LogP contribution in [0.2, 0.25) is 0 Å². The van der Waals surface area contributed by atoms with E-state index in [2.05, 4.69) is 0 Å². The third-order valence-electron chi connectivity index (χ3n) is 3.60. The molecule has 0 amide bonds. The molecule has 100 valence electrons. The van der Waals surface area contributed by atoms with Crippen LogP contribution in [0, 0.1) is 13.8 Å². The second-order valence-corrected chi connectivity index (χ2v) is 7.15. The molecule has 1 aliphatic heterocycles. The molecule has 1 saturated heterocycles. The van der Waals surface area contributed by atoms with Crippen molar-refractivity contribution in [2.75, 3.05) is 11.5 Å². The monoisotopic (exact) mass is 271 g/mol. The van der Waals surface area contributed by atoms with Gasteiger partial charge in [-0.3, -0.25) is 0 Å². The Labute approximate surface area is 106 Å². The number of rotatable bonds is 2. The van der Waals surface area contributed by atoms with Crippen LogP contribution in [0.3, 0.4) is 0 Å². The van der Waals surface area contributed by atoms with E-state index in [1.54, 1.807) is 13.0 Å². The van der Waals surface area contributed by atoms with Gasteiger partial charge in [-0.2, -0.15) is 0 Å². The maximum absolute atomic E-state index is 11.4. The van der Waals surface area contributed by atoms with Gasteiger partial charge in [0.1, 0.15) is 9.84 Å². The minimum absolute atomic E-state index is 0.0987. The zero-order valence-corrected chi connectivity index (χ0v) is 11.3.